The minimum Gasteiger partial charge on any atom is -0.480 e. The van der Waals surface area contributed by atoms with Crippen LogP contribution < -0.4 is 4.74 Å². The summed E-state index contributed by atoms with van der Waals surface area (Å²) in [4.78, 5) is 73.6. The number of thiazole rings is 2. The van der Waals surface area contributed by atoms with E-state index in [0.29, 0.717) is 25.7 Å². The summed E-state index contributed by atoms with van der Waals surface area (Å²) in [5, 5.41) is 19.5. The number of amides is 4. The number of carbonyl (C=O) groups is 4. The van der Waals surface area contributed by atoms with Crippen molar-refractivity contribution in [2.75, 3.05) is 14.1 Å². The highest BCUT2D eigenvalue weighted by molar-refractivity contribution is 7.35. The average molecular weight is 687 g/mol. The molecule has 0 unspecified atom stereocenters. The van der Waals surface area contributed by atoms with E-state index in [1.807, 2.05) is 26.0 Å². The number of rotatable bonds is 2. The molecule has 7 heterocycles. The molecule has 3 aliphatic rings. The summed E-state index contributed by atoms with van der Waals surface area (Å²) in [6.45, 7) is 6.94. The standard InChI is InChI=1S/C29H18N8O5S4/c1-9-11(7-30)23(38)36(5)25(40)14(9)32-27-34-21-18(45-27)13-17(43-21)19-16(42-29(13,3)4)20-22(44-19)35-28(46-20)33-15-10(2)12(8-31)24(39)37(6)26(15)41/h1-6H3. The molecule has 3 aliphatic heterocycles. The van der Waals surface area contributed by atoms with E-state index in [-0.39, 0.29) is 33.7 Å². The van der Waals surface area contributed by atoms with Crippen LogP contribution in [0.5, 0.6) is 5.75 Å². The van der Waals surface area contributed by atoms with Crippen LogP contribution in [0, 0.1) is 22.7 Å². The van der Waals surface area contributed by atoms with Crippen molar-refractivity contribution in [3.05, 3.63) is 27.9 Å². The molecule has 0 saturated carbocycles. The molecule has 0 saturated heterocycles. The lowest BCUT2D eigenvalue weighted by Gasteiger charge is -2.31. The van der Waals surface area contributed by atoms with Crippen LogP contribution in [0.25, 0.3) is 28.8 Å². The molecule has 13 nitrogen and oxygen atoms in total. The van der Waals surface area contributed by atoms with Crippen molar-refractivity contribution in [1.29, 1.82) is 10.5 Å². The number of aliphatic imine (C=N–C) groups is 2. The number of imide groups is 2. The maximum Gasteiger partial charge on any atom is 0.279 e. The van der Waals surface area contributed by atoms with Gasteiger partial charge in [-0.3, -0.25) is 29.0 Å². The van der Waals surface area contributed by atoms with Gasteiger partial charge in [-0.05, 0) is 27.7 Å². The first kappa shape index (κ1) is 29.8. The summed E-state index contributed by atoms with van der Waals surface area (Å²) in [7, 11) is 2.62. The first-order valence-corrected chi connectivity index (χ1v) is 16.6. The van der Waals surface area contributed by atoms with Gasteiger partial charge in [-0.1, -0.05) is 22.7 Å². The molecule has 0 aliphatic carbocycles. The van der Waals surface area contributed by atoms with Crippen LogP contribution in [0.4, 0.5) is 10.3 Å². The number of nitrogens with zero attached hydrogens (tertiary/aromatic N) is 8. The second-order valence-corrected chi connectivity index (χ2v) is 14.9. The van der Waals surface area contributed by atoms with Gasteiger partial charge < -0.3 is 4.74 Å². The molecule has 0 spiro atoms. The Morgan fingerprint density at radius 3 is 1.67 bits per heavy atom. The van der Waals surface area contributed by atoms with Crippen molar-refractivity contribution in [2.24, 2.45) is 9.98 Å². The number of aromatic nitrogens is 2. The maximum absolute atomic E-state index is 12.9. The fourth-order valence-electron chi connectivity index (χ4n) is 5.31. The highest BCUT2D eigenvalue weighted by Crippen LogP contribution is 2.59. The van der Waals surface area contributed by atoms with Crippen LogP contribution in [0.2, 0.25) is 0 Å². The number of hydrogen-bond acceptors (Lipinski definition) is 15. The molecular formula is C29H18N8O5S4. The Kier molecular flexibility index (Phi) is 6.49. The van der Waals surface area contributed by atoms with E-state index >= 15 is 0 Å². The molecule has 4 amide bonds. The van der Waals surface area contributed by atoms with Gasteiger partial charge >= 0.3 is 0 Å². The molecule has 0 aromatic carbocycles. The number of likely N-dealkylation sites (N-methyl/N-ethyl adjacent to an activating group) is 2. The third-order valence-electron chi connectivity index (χ3n) is 7.75. The SMILES string of the molecule is CC1=C(C#N)C(=O)N(C)C(=O)C1=Nc1nc2sc3c(c2s1)OC(C)(C)c1c-3sc2nc(N=C3C(=O)N(C)C(=O)C(C#N)=C3C)sc12. The summed E-state index contributed by atoms with van der Waals surface area (Å²) >= 11 is 5.43. The Morgan fingerprint density at radius 2 is 1.17 bits per heavy atom. The fraction of sp³-hybridized carbons (Fsp3) is 0.241. The normalized spacial score (nSPS) is 19.8. The van der Waals surface area contributed by atoms with Gasteiger partial charge in [0.05, 0.1) is 14.5 Å². The molecule has 4 aromatic heterocycles. The molecule has 46 heavy (non-hydrogen) atoms. The molecular weight excluding hydrogens is 669 g/mol. The highest BCUT2D eigenvalue weighted by Gasteiger charge is 2.41. The largest absolute Gasteiger partial charge is 0.480 e. The lowest BCUT2D eigenvalue weighted by molar-refractivity contribution is -0.138. The summed E-state index contributed by atoms with van der Waals surface area (Å²) in [5.74, 6) is -1.89. The number of ether oxygens (including phenoxy) is 1. The predicted molar refractivity (Wildman–Crippen MR) is 174 cm³/mol. The smallest absolute Gasteiger partial charge is 0.279 e. The van der Waals surface area contributed by atoms with E-state index in [1.54, 1.807) is 0 Å². The van der Waals surface area contributed by atoms with E-state index in [1.165, 1.54) is 73.3 Å². The van der Waals surface area contributed by atoms with Crippen LogP contribution >= 0.6 is 45.3 Å². The van der Waals surface area contributed by atoms with Crippen molar-refractivity contribution >= 4 is 110 Å². The van der Waals surface area contributed by atoms with Gasteiger partial charge in [-0.15, -0.1) is 22.7 Å². The van der Waals surface area contributed by atoms with E-state index in [4.69, 9.17) is 9.72 Å². The molecule has 4 aromatic rings. The first-order valence-electron chi connectivity index (χ1n) is 13.4. The van der Waals surface area contributed by atoms with Gasteiger partial charge in [0.25, 0.3) is 23.6 Å². The molecule has 228 valence electrons. The molecule has 7 rings (SSSR count). The van der Waals surface area contributed by atoms with Gasteiger partial charge in [0.15, 0.2) is 5.75 Å². The molecule has 0 fully saturated rings. The fourth-order valence-corrected chi connectivity index (χ4v) is 10.3. The Hall–Kier alpha value is -4.94. The second-order valence-electron chi connectivity index (χ2n) is 10.9. The van der Waals surface area contributed by atoms with Crippen LogP contribution in [-0.2, 0) is 24.8 Å². The molecule has 0 atom stereocenters. The summed E-state index contributed by atoms with van der Waals surface area (Å²) < 4.78 is 8.20. The van der Waals surface area contributed by atoms with Gasteiger partial charge in [0.2, 0.25) is 10.3 Å². The van der Waals surface area contributed by atoms with Crippen LogP contribution in [0.15, 0.2) is 32.3 Å². The van der Waals surface area contributed by atoms with Crippen molar-refractivity contribution in [1.82, 2.24) is 19.8 Å². The summed E-state index contributed by atoms with van der Waals surface area (Å²) in [5.41, 5.74) is 0.275. The zero-order valence-corrected chi connectivity index (χ0v) is 28.0. The monoisotopic (exact) mass is 686 g/mol. The third-order valence-corrected chi connectivity index (χ3v) is 12.2. The van der Waals surface area contributed by atoms with Gasteiger partial charge in [-0.25, -0.2) is 20.0 Å². The lowest BCUT2D eigenvalue weighted by Crippen LogP contribution is -2.44. The summed E-state index contributed by atoms with van der Waals surface area (Å²) in [6, 6.07) is 3.73. The van der Waals surface area contributed by atoms with E-state index in [2.05, 4.69) is 15.0 Å². The average Bonchev–Trinajstić information content (AvgIpc) is 3.75. The zero-order valence-electron chi connectivity index (χ0n) is 24.8. The number of thiophene rings is 2. The van der Waals surface area contributed by atoms with Crippen LogP contribution in [0.3, 0.4) is 0 Å². The van der Waals surface area contributed by atoms with Gasteiger partial charge in [-0.2, -0.15) is 10.5 Å². The summed E-state index contributed by atoms with van der Waals surface area (Å²) in [6.07, 6.45) is 0. The molecule has 17 heteroatoms. The Labute approximate surface area is 275 Å². The predicted octanol–water partition coefficient (Wildman–Crippen LogP) is 5.15. The van der Waals surface area contributed by atoms with E-state index in [9.17, 15) is 29.7 Å². The molecule has 0 bridgehead atoms. The van der Waals surface area contributed by atoms with Crippen molar-refractivity contribution in [2.45, 2.75) is 33.3 Å². The minimum atomic E-state index is -0.790. The number of nitriles is 2. The van der Waals surface area contributed by atoms with Crippen molar-refractivity contribution < 1.29 is 23.9 Å². The topological polar surface area (TPSA) is 182 Å². The Balaban J connectivity index is 1.31. The van der Waals surface area contributed by atoms with E-state index in [0.717, 1.165) is 34.5 Å². The van der Waals surface area contributed by atoms with Gasteiger partial charge in [0.1, 0.15) is 54.7 Å². The third kappa shape index (κ3) is 4.06. The quantitative estimate of drug-likeness (QED) is 0.258. The van der Waals surface area contributed by atoms with Crippen molar-refractivity contribution in [3.8, 4) is 27.6 Å². The zero-order chi connectivity index (χ0) is 33.0. The van der Waals surface area contributed by atoms with Crippen LogP contribution in [0.1, 0.15) is 33.3 Å². The first-order chi connectivity index (χ1) is 21.8. The Morgan fingerprint density at radius 1 is 0.717 bits per heavy atom. The highest BCUT2D eigenvalue weighted by atomic mass is 32.1. The number of fused-ring (bicyclic) bond motifs is 7. The molecule has 0 radical (unpaired) electrons. The molecule has 0 N–H and O–H groups in total. The maximum atomic E-state index is 12.9. The number of hydrogen-bond donors (Lipinski definition) is 0. The second kappa shape index (κ2) is 10.0. The van der Waals surface area contributed by atoms with E-state index < -0.39 is 29.2 Å². The van der Waals surface area contributed by atoms with Crippen molar-refractivity contribution in [3.63, 3.8) is 0 Å². The lowest BCUT2D eigenvalue weighted by atomic mass is 9.95. The van der Waals surface area contributed by atoms with Crippen LogP contribution in [-0.4, -0.2) is 68.9 Å². The van der Waals surface area contributed by atoms with Gasteiger partial charge in [0, 0.05) is 30.8 Å². The minimum absolute atomic E-state index is 0.00151. The Bertz CT molecular complexity index is 2380. The number of carbonyl (C=O) groups excluding carboxylic acids is 4.